The summed E-state index contributed by atoms with van der Waals surface area (Å²) in [4.78, 5) is 21.0. The number of benzene rings is 2. The summed E-state index contributed by atoms with van der Waals surface area (Å²) in [6.45, 7) is 6.15. The summed E-state index contributed by atoms with van der Waals surface area (Å²) in [7, 11) is 0. The number of rotatable bonds is 2. The second-order valence-electron chi connectivity index (χ2n) is 6.19. The zero-order valence-electron chi connectivity index (χ0n) is 14.5. The molecule has 0 saturated carbocycles. The summed E-state index contributed by atoms with van der Waals surface area (Å²) in [5.41, 5.74) is 17.1. The van der Waals surface area contributed by atoms with Crippen molar-refractivity contribution >= 4 is 22.8 Å². The quantitative estimate of drug-likeness (QED) is 0.556. The van der Waals surface area contributed by atoms with Crippen LogP contribution in [0.1, 0.15) is 27.0 Å². The van der Waals surface area contributed by atoms with Crippen LogP contribution in [0, 0.1) is 20.8 Å². The highest BCUT2D eigenvalue weighted by atomic mass is 16.1. The average Bonchev–Trinajstić information content (AvgIpc) is 2.52. The number of carbonyl (C=O) groups excluding carboxylic acids is 1. The lowest BCUT2D eigenvalue weighted by Crippen LogP contribution is -2.24. The molecule has 1 heterocycles. The van der Waals surface area contributed by atoms with Gasteiger partial charge in [-0.1, -0.05) is 35.9 Å². The summed E-state index contributed by atoms with van der Waals surface area (Å²) in [5, 5.41) is 0.726. The summed E-state index contributed by atoms with van der Waals surface area (Å²) >= 11 is 0. The van der Waals surface area contributed by atoms with E-state index in [4.69, 9.17) is 16.5 Å². The van der Waals surface area contributed by atoms with Gasteiger partial charge < -0.3 is 11.5 Å². The highest BCUT2D eigenvalue weighted by molar-refractivity contribution is 6.10. The number of aryl methyl sites for hydroxylation is 3. The zero-order chi connectivity index (χ0) is 18.1. The van der Waals surface area contributed by atoms with Crippen LogP contribution in [0.2, 0.25) is 0 Å². The Labute approximate surface area is 146 Å². The van der Waals surface area contributed by atoms with E-state index in [2.05, 4.69) is 24.0 Å². The molecule has 0 atom stereocenters. The molecule has 0 unspecified atom stereocenters. The SMILES string of the molecule is Cc1cc(C)c(-c2cc(C(=O)N=C(N)N)c3ccccc3n2)c(C)c1. The molecule has 0 fully saturated rings. The van der Waals surface area contributed by atoms with Crippen molar-refractivity contribution in [2.75, 3.05) is 0 Å². The molecule has 0 aliphatic heterocycles. The van der Waals surface area contributed by atoms with E-state index in [-0.39, 0.29) is 5.96 Å². The molecule has 2 aromatic carbocycles. The Kier molecular flexibility index (Phi) is 4.23. The van der Waals surface area contributed by atoms with Crippen LogP contribution in [0.4, 0.5) is 0 Å². The maximum atomic E-state index is 12.5. The van der Waals surface area contributed by atoms with Gasteiger partial charge in [-0.15, -0.1) is 0 Å². The molecule has 0 saturated heterocycles. The zero-order valence-corrected chi connectivity index (χ0v) is 14.5. The minimum Gasteiger partial charge on any atom is -0.370 e. The fraction of sp³-hybridized carbons (Fsp3) is 0.150. The Balaban J connectivity index is 2.32. The van der Waals surface area contributed by atoms with E-state index < -0.39 is 5.91 Å². The van der Waals surface area contributed by atoms with Crippen LogP contribution in [0.15, 0.2) is 47.5 Å². The first-order chi connectivity index (χ1) is 11.9. The molecule has 0 bridgehead atoms. The minimum absolute atomic E-state index is 0.254. The van der Waals surface area contributed by atoms with Crippen molar-refractivity contribution in [1.29, 1.82) is 0 Å². The minimum atomic E-state index is -0.470. The van der Waals surface area contributed by atoms with Gasteiger partial charge in [-0.2, -0.15) is 4.99 Å². The molecule has 3 aromatic rings. The largest absolute Gasteiger partial charge is 0.370 e. The van der Waals surface area contributed by atoms with Gasteiger partial charge >= 0.3 is 0 Å². The number of carbonyl (C=O) groups is 1. The van der Waals surface area contributed by atoms with Gasteiger partial charge in [0, 0.05) is 10.9 Å². The molecule has 126 valence electrons. The number of aromatic nitrogens is 1. The highest BCUT2D eigenvalue weighted by Gasteiger charge is 2.16. The molecule has 4 N–H and O–H groups in total. The summed E-state index contributed by atoms with van der Waals surface area (Å²) in [6.07, 6.45) is 0. The molecular weight excluding hydrogens is 312 g/mol. The van der Waals surface area contributed by atoms with Crippen LogP contribution in [0.3, 0.4) is 0 Å². The van der Waals surface area contributed by atoms with E-state index >= 15 is 0 Å². The normalized spacial score (nSPS) is 10.7. The van der Waals surface area contributed by atoms with Crippen LogP contribution in [0.25, 0.3) is 22.2 Å². The predicted octanol–water partition coefficient (Wildman–Crippen LogP) is 3.24. The van der Waals surface area contributed by atoms with Gasteiger partial charge in [-0.05, 0) is 44.0 Å². The first-order valence-corrected chi connectivity index (χ1v) is 7.99. The first kappa shape index (κ1) is 16.6. The van der Waals surface area contributed by atoms with Gasteiger partial charge in [0.1, 0.15) is 0 Å². The number of para-hydroxylation sites is 1. The van der Waals surface area contributed by atoms with Crippen LogP contribution in [-0.4, -0.2) is 16.9 Å². The third-order valence-electron chi connectivity index (χ3n) is 4.11. The van der Waals surface area contributed by atoms with Crippen molar-refractivity contribution in [1.82, 2.24) is 4.98 Å². The van der Waals surface area contributed by atoms with E-state index in [9.17, 15) is 4.79 Å². The summed E-state index contributed by atoms with van der Waals surface area (Å²) in [5.74, 6) is -0.725. The van der Waals surface area contributed by atoms with Gasteiger partial charge in [0.15, 0.2) is 5.96 Å². The van der Waals surface area contributed by atoms with E-state index in [1.165, 1.54) is 5.56 Å². The molecule has 0 aliphatic rings. The number of fused-ring (bicyclic) bond motifs is 1. The fourth-order valence-corrected chi connectivity index (χ4v) is 3.24. The maximum Gasteiger partial charge on any atom is 0.280 e. The highest BCUT2D eigenvalue weighted by Crippen LogP contribution is 2.30. The molecule has 25 heavy (non-hydrogen) atoms. The number of nitrogens with two attached hydrogens (primary N) is 2. The van der Waals surface area contributed by atoms with Crippen molar-refractivity contribution in [2.24, 2.45) is 16.5 Å². The number of hydrogen-bond acceptors (Lipinski definition) is 2. The van der Waals surface area contributed by atoms with Gasteiger partial charge in [0.25, 0.3) is 5.91 Å². The Bertz CT molecular complexity index is 994. The van der Waals surface area contributed by atoms with E-state index in [1.54, 1.807) is 6.07 Å². The molecular formula is C20H20N4O. The lowest BCUT2D eigenvalue weighted by Gasteiger charge is -2.13. The van der Waals surface area contributed by atoms with Crippen molar-refractivity contribution in [3.63, 3.8) is 0 Å². The monoisotopic (exact) mass is 332 g/mol. The Morgan fingerprint density at radius 2 is 1.64 bits per heavy atom. The molecule has 5 heteroatoms. The maximum absolute atomic E-state index is 12.5. The molecule has 1 aromatic heterocycles. The van der Waals surface area contributed by atoms with E-state index in [0.29, 0.717) is 5.56 Å². The van der Waals surface area contributed by atoms with Crippen LogP contribution < -0.4 is 11.5 Å². The number of aliphatic imine (C=N–C) groups is 1. The standard InChI is InChI=1S/C20H20N4O/c1-11-8-12(2)18(13(3)9-11)17-10-15(19(25)24-20(21)22)14-6-4-5-7-16(14)23-17/h4-10H,1-3H3,(H4,21,22,24,25). The number of hydrogen-bond donors (Lipinski definition) is 2. The Hall–Kier alpha value is -3.21. The number of nitrogens with zero attached hydrogens (tertiary/aromatic N) is 2. The Morgan fingerprint density at radius 1 is 1.00 bits per heavy atom. The Morgan fingerprint density at radius 3 is 2.28 bits per heavy atom. The third-order valence-corrected chi connectivity index (χ3v) is 4.11. The lowest BCUT2D eigenvalue weighted by molar-refractivity contribution is 0.100. The summed E-state index contributed by atoms with van der Waals surface area (Å²) in [6, 6.07) is 13.5. The number of pyridine rings is 1. The van der Waals surface area contributed by atoms with Crippen LogP contribution in [0.5, 0.6) is 0 Å². The fourth-order valence-electron chi connectivity index (χ4n) is 3.24. The second kappa shape index (κ2) is 6.36. The molecule has 0 aliphatic carbocycles. The van der Waals surface area contributed by atoms with Gasteiger partial charge in [0.05, 0.1) is 16.8 Å². The van der Waals surface area contributed by atoms with Gasteiger partial charge in [-0.3, -0.25) is 4.79 Å². The van der Waals surface area contributed by atoms with Crippen molar-refractivity contribution in [2.45, 2.75) is 20.8 Å². The van der Waals surface area contributed by atoms with Gasteiger partial charge in [-0.25, -0.2) is 4.98 Å². The number of guanidine groups is 1. The van der Waals surface area contributed by atoms with Crippen molar-refractivity contribution in [3.05, 3.63) is 64.7 Å². The topological polar surface area (TPSA) is 94.4 Å². The smallest absolute Gasteiger partial charge is 0.280 e. The molecule has 0 spiro atoms. The summed E-state index contributed by atoms with van der Waals surface area (Å²) < 4.78 is 0. The van der Waals surface area contributed by atoms with Crippen molar-refractivity contribution < 1.29 is 4.79 Å². The average molecular weight is 332 g/mol. The first-order valence-electron chi connectivity index (χ1n) is 7.99. The van der Waals surface area contributed by atoms with Crippen LogP contribution in [-0.2, 0) is 0 Å². The molecule has 3 rings (SSSR count). The third kappa shape index (κ3) is 3.21. The molecule has 1 amide bonds. The van der Waals surface area contributed by atoms with E-state index in [1.807, 2.05) is 38.1 Å². The predicted molar refractivity (Wildman–Crippen MR) is 102 cm³/mol. The second-order valence-corrected chi connectivity index (χ2v) is 6.19. The van der Waals surface area contributed by atoms with Crippen molar-refractivity contribution in [3.8, 4) is 11.3 Å². The molecule has 0 radical (unpaired) electrons. The molecule has 5 nitrogen and oxygen atoms in total. The lowest BCUT2D eigenvalue weighted by atomic mass is 9.95. The van der Waals surface area contributed by atoms with Gasteiger partial charge in [0.2, 0.25) is 0 Å². The van der Waals surface area contributed by atoms with E-state index in [0.717, 1.165) is 33.3 Å². The number of amides is 1. The van der Waals surface area contributed by atoms with Crippen LogP contribution >= 0.6 is 0 Å².